The Hall–Kier alpha value is -1.73. The molecule has 0 saturated carbocycles. The van der Waals surface area contributed by atoms with Gasteiger partial charge in [0.1, 0.15) is 12.7 Å². The van der Waals surface area contributed by atoms with Crippen LogP contribution in [-0.2, 0) is 10.0 Å². The van der Waals surface area contributed by atoms with Gasteiger partial charge in [-0.1, -0.05) is 18.2 Å². The van der Waals surface area contributed by atoms with Crippen LogP contribution in [0.2, 0.25) is 0 Å². The van der Waals surface area contributed by atoms with E-state index >= 15 is 0 Å². The van der Waals surface area contributed by atoms with Crippen molar-refractivity contribution >= 4 is 10.0 Å². The fraction of sp³-hybridized carbons (Fsp3) is 0.273. The fourth-order valence-corrected chi connectivity index (χ4v) is 2.59. The van der Waals surface area contributed by atoms with Crippen molar-refractivity contribution in [1.29, 1.82) is 0 Å². The Morgan fingerprint density at radius 3 is 2.67 bits per heavy atom. The molecule has 0 aliphatic heterocycles. The molecule has 0 aliphatic carbocycles. The monoisotopic (exact) mass is 266 g/mol. The molecule has 0 fully saturated rings. The molecule has 1 atom stereocenters. The second kappa shape index (κ2) is 5.28. The van der Waals surface area contributed by atoms with Gasteiger partial charge < -0.3 is 0 Å². The Bertz CT molecular complexity index is 581. The van der Waals surface area contributed by atoms with Crippen LogP contribution in [0.4, 0.5) is 0 Å². The zero-order valence-electron chi connectivity index (χ0n) is 9.89. The highest BCUT2D eigenvalue weighted by molar-refractivity contribution is 7.89. The van der Waals surface area contributed by atoms with Gasteiger partial charge in [0.05, 0.1) is 10.9 Å². The van der Waals surface area contributed by atoms with Gasteiger partial charge in [0.15, 0.2) is 0 Å². The molecule has 2 rings (SSSR count). The number of sulfonamides is 1. The molecule has 2 aromatic rings. The van der Waals surface area contributed by atoms with Crippen molar-refractivity contribution < 1.29 is 8.42 Å². The molecule has 6 nitrogen and oxygen atoms in total. The number of nitrogens with zero attached hydrogens (tertiary/aromatic N) is 3. The molecule has 7 heteroatoms. The molecule has 1 heterocycles. The van der Waals surface area contributed by atoms with Crippen LogP contribution in [0.5, 0.6) is 0 Å². The first kappa shape index (κ1) is 12.7. The minimum Gasteiger partial charge on any atom is -0.249 e. The van der Waals surface area contributed by atoms with E-state index in [2.05, 4.69) is 14.8 Å². The van der Waals surface area contributed by atoms with Crippen LogP contribution in [-0.4, -0.2) is 29.7 Å². The van der Waals surface area contributed by atoms with E-state index in [4.69, 9.17) is 0 Å². The summed E-state index contributed by atoms with van der Waals surface area (Å²) in [7, 11) is -3.46. The third-order valence-electron chi connectivity index (χ3n) is 2.51. The molecular formula is C11H14N4O2S. The lowest BCUT2D eigenvalue weighted by molar-refractivity contribution is 0.478. The van der Waals surface area contributed by atoms with Gasteiger partial charge in [0.2, 0.25) is 10.0 Å². The number of nitrogens with one attached hydrogen (secondary N) is 1. The second-order valence-electron chi connectivity index (χ2n) is 3.89. The van der Waals surface area contributed by atoms with Crippen LogP contribution in [0, 0.1) is 0 Å². The Morgan fingerprint density at radius 2 is 2.06 bits per heavy atom. The van der Waals surface area contributed by atoms with Gasteiger partial charge >= 0.3 is 0 Å². The predicted octanol–water partition coefficient (Wildman–Crippen LogP) is 0.818. The van der Waals surface area contributed by atoms with Gasteiger partial charge in [-0.25, -0.2) is 22.8 Å². The number of aromatic nitrogens is 3. The van der Waals surface area contributed by atoms with Gasteiger partial charge in [0.25, 0.3) is 0 Å². The first-order valence-electron chi connectivity index (χ1n) is 5.48. The predicted molar refractivity (Wildman–Crippen MR) is 66.4 cm³/mol. The lowest BCUT2D eigenvalue weighted by atomic mass is 10.4. The van der Waals surface area contributed by atoms with Crippen LogP contribution in [0.3, 0.4) is 0 Å². The third kappa shape index (κ3) is 2.93. The van der Waals surface area contributed by atoms with Crippen molar-refractivity contribution in [3.63, 3.8) is 0 Å². The number of rotatable bonds is 5. The average Bonchev–Trinajstić information content (AvgIpc) is 2.91. The first-order chi connectivity index (χ1) is 8.59. The summed E-state index contributed by atoms with van der Waals surface area (Å²) in [4.78, 5) is 4.08. The van der Waals surface area contributed by atoms with Crippen LogP contribution in [0.1, 0.15) is 13.0 Å². The molecule has 0 amide bonds. The summed E-state index contributed by atoms with van der Waals surface area (Å²) in [5, 5.41) is 3.96. The maximum Gasteiger partial charge on any atom is 0.240 e. The maximum absolute atomic E-state index is 11.9. The number of hydrogen-bond donors (Lipinski definition) is 1. The van der Waals surface area contributed by atoms with Crippen molar-refractivity contribution in [3.8, 4) is 0 Å². The molecule has 1 aromatic heterocycles. The maximum atomic E-state index is 11.9. The van der Waals surface area contributed by atoms with Gasteiger partial charge in [-0.2, -0.15) is 5.10 Å². The van der Waals surface area contributed by atoms with Crippen LogP contribution < -0.4 is 4.72 Å². The summed E-state index contributed by atoms with van der Waals surface area (Å²) >= 11 is 0. The van der Waals surface area contributed by atoms with E-state index in [0.717, 1.165) is 0 Å². The summed E-state index contributed by atoms with van der Waals surface area (Å²) < 4.78 is 28.1. The first-order valence-corrected chi connectivity index (χ1v) is 6.97. The van der Waals surface area contributed by atoms with Crippen LogP contribution >= 0.6 is 0 Å². The van der Waals surface area contributed by atoms with E-state index < -0.39 is 10.0 Å². The largest absolute Gasteiger partial charge is 0.249 e. The minimum atomic E-state index is -3.46. The molecule has 1 aromatic carbocycles. The van der Waals surface area contributed by atoms with Crippen molar-refractivity contribution in [2.24, 2.45) is 0 Å². The zero-order valence-corrected chi connectivity index (χ0v) is 10.7. The third-order valence-corrected chi connectivity index (χ3v) is 3.95. The molecule has 0 spiro atoms. The van der Waals surface area contributed by atoms with Gasteiger partial charge in [-0.05, 0) is 19.1 Å². The molecule has 18 heavy (non-hydrogen) atoms. The molecule has 0 unspecified atom stereocenters. The standard InChI is InChI=1S/C11H14N4O2S/c1-10(15-9-12-8-13-15)7-14-18(16,17)11-5-3-2-4-6-11/h2-6,8-10,14H,7H2,1H3/t10-/m0/s1. The van der Waals surface area contributed by atoms with Crippen molar-refractivity contribution in [3.05, 3.63) is 43.0 Å². The molecule has 0 radical (unpaired) electrons. The summed E-state index contributed by atoms with van der Waals surface area (Å²) in [6.07, 6.45) is 2.98. The second-order valence-corrected chi connectivity index (χ2v) is 5.66. The highest BCUT2D eigenvalue weighted by Gasteiger charge is 2.15. The highest BCUT2D eigenvalue weighted by atomic mass is 32.2. The van der Waals surface area contributed by atoms with E-state index in [1.54, 1.807) is 41.3 Å². The number of benzene rings is 1. The fourth-order valence-electron chi connectivity index (χ4n) is 1.45. The molecule has 0 bridgehead atoms. The minimum absolute atomic E-state index is 0.0917. The van der Waals surface area contributed by atoms with E-state index in [9.17, 15) is 8.42 Å². The summed E-state index contributed by atoms with van der Waals surface area (Å²) in [5.41, 5.74) is 0. The Kier molecular flexibility index (Phi) is 3.73. The van der Waals surface area contributed by atoms with Gasteiger partial charge in [-0.3, -0.25) is 0 Å². The lowest BCUT2D eigenvalue weighted by Crippen LogP contribution is -2.29. The van der Waals surface area contributed by atoms with E-state index in [-0.39, 0.29) is 17.5 Å². The molecule has 1 N–H and O–H groups in total. The average molecular weight is 266 g/mol. The lowest BCUT2D eigenvalue weighted by Gasteiger charge is -2.12. The van der Waals surface area contributed by atoms with Gasteiger partial charge in [0, 0.05) is 6.54 Å². The molecule has 96 valence electrons. The topological polar surface area (TPSA) is 76.9 Å². The van der Waals surface area contributed by atoms with E-state index in [1.807, 2.05) is 6.92 Å². The van der Waals surface area contributed by atoms with Crippen molar-refractivity contribution in [1.82, 2.24) is 19.5 Å². The highest BCUT2D eigenvalue weighted by Crippen LogP contribution is 2.08. The molecule has 0 aliphatic rings. The van der Waals surface area contributed by atoms with Crippen LogP contribution in [0.15, 0.2) is 47.9 Å². The SMILES string of the molecule is C[C@@H](CNS(=O)(=O)c1ccccc1)n1cncn1. The summed E-state index contributed by atoms with van der Waals surface area (Å²) in [6.45, 7) is 2.13. The number of hydrogen-bond acceptors (Lipinski definition) is 4. The Morgan fingerprint density at radius 1 is 1.33 bits per heavy atom. The quantitative estimate of drug-likeness (QED) is 0.869. The smallest absolute Gasteiger partial charge is 0.240 e. The van der Waals surface area contributed by atoms with Crippen molar-refractivity contribution in [2.45, 2.75) is 17.9 Å². The normalized spacial score (nSPS) is 13.4. The van der Waals surface area contributed by atoms with E-state index in [1.165, 1.54) is 6.33 Å². The molecule has 0 saturated heterocycles. The molecular weight excluding hydrogens is 252 g/mol. The summed E-state index contributed by atoms with van der Waals surface area (Å²) in [6, 6.07) is 8.18. The van der Waals surface area contributed by atoms with E-state index in [0.29, 0.717) is 0 Å². The zero-order chi connectivity index (χ0) is 13.0. The summed E-state index contributed by atoms with van der Waals surface area (Å²) in [5.74, 6) is 0. The van der Waals surface area contributed by atoms with Gasteiger partial charge in [-0.15, -0.1) is 0 Å². The van der Waals surface area contributed by atoms with Crippen molar-refractivity contribution in [2.75, 3.05) is 6.54 Å². The Balaban J connectivity index is 2.02. The Labute approximate surface area is 106 Å². The van der Waals surface area contributed by atoms with Crippen LogP contribution in [0.25, 0.3) is 0 Å².